The molecule has 1 N–H and O–H groups in total. The molecule has 1 heterocycles. The Labute approximate surface area is 131 Å². The van der Waals surface area contributed by atoms with Gasteiger partial charge in [-0.3, -0.25) is 4.79 Å². The van der Waals surface area contributed by atoms with Gasteiger partial charge in [0, 0.05) is 6.20 Å². The lowest BCUT2D eigenvalue weighted by Gasteiger charge is -2.23. The molecule has 0 aliphatic heterocycles. The zero-order valence-electron chi connectivity index (χ0n) is 13.1. The Morgan fingerprint density at radius 2 is 1.91 bits per heavy atom. The van der Waals surface area contributed by atoms with Crippen LogP contribution in [0.4, 0.5) is 13.2 Å². The molecule has 0 aliphatic rings. The maximum atomic E-state index is 12.3. The number of nitrogens with one attached hydrogen (secondary N) is 1. The van der Waals surface area contributed by atoms with E-state index in [1.54, 1.807) is 6.92 Å². The number of esters is 1. The third-order valence-corrected chi connectivity index (χ3v) is 2.72. The summed E-state index contributed by atoms with van der Waals surface area (Å²) in [7, 11) is 1.15. The molecule has 1 rings (SSSR count). The second-order valence-electron chi connectivity index (χ2n) is 5.33. The van der Waals surface area contributed by atoms with Crippen molar-refractivity contribution < 1.29 is 32.2 Å². The molecular weight excluding hydrogens is 317 g/mol. The van der Waals surface area contributed by atoms with Gasteiger partial charge in [-0.15, -0.1) is 0 Å². The number of amides is 1. The molecule has 0 spiro atoms. The number of carbonyl (C=O) groups excluding carboxylic acids is 2. The summed E-state index contributed by atoms with van der Waals surface area (Å²) in [6.45, 7) is 2.81. The third kappa shape index (κ3) is 5.42. The van der Waals surface area contributed by atoms with Crippen LogP contribution in [-0.4, -0.2) is 42.3 Å². The highest BCUT2D eigenvalue weighted by molar-refractivity contribution is 5.98. The first-order valence-corrected chi connectivity index (χ1v) is 6.53. The lowest BCUT2D eigenvalue weighted by Crippen LogP contribution is -2.50. The smallest absolute Gasteiger partial charge is 0.422 e. The first-order valence-electron chi connectivity index (χ1n) is 6.53. The molecule has 128 valence electrons. The van der Waals surface area contributed by atoms with Gasteiger partial charge in [-0.1, -0.05) is 0 Å². The Bertz CT molecular complexity index is 600. The number of methoxy groups -OCH3 is 1. The molecule has 9 heteroatoms. The van der Waals surface area contributed by atoms with E-state index >= 15 is 0 Å². The van der Waals surface area contributed by atoms with E-state index in [0.717, 1.165) is 7.11 Å². The summed E-state index contributed by atoms with van der Waals surface area (Å²) >= 11 is 0. The van der Waals surface area contributed by atoms with E-state index in [4.69, 9.17) is 0 Å². The van der Waals surface area contributed by atoms with Crippen molar-refractivity contribution in [1.29, 1.82) is 0 Å². The van der Waals surface area contributed by atoms with E-state index in [2.05, 4.69) is 19.8 Å². The monoisotopic (exact) mass is 334 g/mol. The van der Waals surface area contributed by atoms with Crippen LogP contribution in [0.2, 0.25) is 0 Å². The van der Waals surface area contributed by atoms with E-state index in [9.17, 15) is 22.8 Å². The summed E-state index contributed by atoms with van der Waals surface area (Å²) in [5.41, 5.74) is -1.21. The number of rotatable bonds is 5. The predicted molar refractivity (Wildman–Crippen MR) is 74.1 cm³/mol. The fourth-order valence-electron chi connectivity index (χ4n) is 1.63. The fourth-order valence-corrected chi connectivity index (χ4v) is 1.63. The molecule has 1 aromatic rings. The van der Waals surface area contributed by atoms with Gasteiger partial charge in [0.15, 0.2) is 18.1 Å². The van der Waals surface area contributed by atoms with Gasteiger partial charge >= 0.3 is 12.1 Å². The summed E-state index contributed by atoms with van der Waals surface area (Å²) in [5.74, 6) is -1.88. The second kappa shape index (κ2) is 6.84. The maximum Gasteiger partial charge on any atom is 0.422 e. The molecule has 0 radical (unpaired) electrons. The van der Waals surface area contributed by atoms with Gasteiger partial charge in [0.1, 0.15) is 5.54 Å². The van der Waals surface area contributed by atoms with Crippen LogP contribution in [-0.2, 0) is 9.53 Å². The molecule has 6 nitrogen and oxygen atoms in total. The van der Waals surface area contributed by atoms with E-state index in [1.165, 1.54) is 26.1 Å². The highest BCUT2D eigenvalue weighted by Gasteiger charge is 2.33. The first-order chi connectivity index (χ1) is 10.5. The zero-order chi connectivity index (χ0) is 17.8. The average Bonchev–Trinajstić information content (AvgIpc) is 2.42. The van der Waals surface area contributed by atoms with Gasteiger partial charge in [0.25, 0.3) is 5.91 Å². The largest absolute Gasteiger partial charge is 0.482 e. The van der Waals surface area contributed by atoms with Crippen LogP contribution >= 0.6 is 0 Å². The van der Waals surface area contributed by atoms with E-state index in [0.29, 0.717) is 5.56 Å². The Morgan fingerprint density at radius 3 is 2.43 bits per heavy atom. The molecule has 0 saturated carbocycles. The van der Waals surface area contributed by atoms with Crippen LogP contribution in [0.3, 0.4) is 0 Å². The predicted octanol–water partition coefficient (Wildman–Crippen LogP) is 2.01. The minimum atomic E-state index is -4.55. The number of halogens is 3. The molecule has 0 aliphatic carbocycles. The van der Waals surface area contributed by atoms with Gasteiger partial charge in [-0.05, 0) is 32.4 Å². The molecule has 0 fully saturated rings. The highest BCUT2D eigenvalue weighted by atomic mass is 19.4. The number of pyridine rings is 1. The quantitative estimate of drug-likeness (QED) is 0.834. The van der Waals surface area contributed by atoms with Crippen molar-refractivity contribution in [3.8, 4) is 5.75 Å². The Kier molecular flexibility index (Phi) is 5.57. The summed E-state index contributed by atoms with van der Waals surface area (Å²) in [6, 6.07) is 1.26. The number of hydrogen-bond acceptors (Lipinski definition) is 5. The minimum absolute atomic E-state index is 0.319. The second-order valence-corrected chi connectivity index (χ2v) is 5.33. The van der Waals surface area contributed by atoms with Crippen LogP contribution in [0.15, 0.2) is 12.3 Å². The third-order valence-electron chi connectivity index (χ3n) is 2.72. The lowest BCUT2D eigenvalue weighted by atomic mass is 10.1. The van der Waals surface area contributed by atoms with Crippen molar-refractivity contribution in [3.05, 3.63) is 23.5 Å². The van der Waals surface area contributed by atoms with E-state index < -0.39 is 30.2 Å². The summed E-state index contributed by atoms with van der Waals surface area (Å²) in [5, 5.41) is 2.34. The Morgan fingerprint density at radius 1 is 1.30 bits per heavy atom. The van der Waals surface area contributed by atoms with E-state index in [-0.39, 0.29) is 11.4 Å². The van der Waals surface area contributed by atoms with E-state index in [1.807, 2.05) is 0 Å². The van der Waals surface area contributed by atoms with Crippen LogP contribution in [0.5, 0.6) is 5.75 Å². The number of ether oxygens (including phenoxy) is 2. The zero-order valence-corrected chi connectivity index (χ0v) is 13.1. The Hall–Kier alpha value is -2.32. The van der Waals surface area contributed by atoms with Crippen LogP contribution in [0.1, 0.15) is 29.9 Å². The molecule has 1 amide bonds. The van der Waals surface area contributed by atoms with Crippen molar-refractivity contribution in [3.63, 3.8) is 0 Å². The number of nitrogens with zero attached hydrogens (tertiary/aromatic N) is 1. The normalized spacial score (nSPS) is 11.8. The van der Waals surface area contributed by atoms with Crippen LogP contribution < -0.4 is 10.1 Å². The number of carbonyl (C=O) groups is 2. The molecule has 1 aromatic heterocycles. The maximum absolute atomic E-state index is 12.3. The van der Waals surface area contributed by atoms with Gasteiger partial charge in [-0.2, -0.15) is 13.2 Å². The van der Waals surface area contributed by atoms with Gasteiger partial charge in [0.2, 0.25) is 0 Å². The average molecular weight is 334 g/mol. The number of hydrogen-bond donors (Lipinski definition) is 1. The molecular formula is C14H17F3N2O4. The number of alkyl halides is 3. The van der Waals surface area contributed by atoms with Crippen molar-refractivity contribution in [2.24, 2.45) is 0 Å². The molecule has 0 aromatic carbocycles. The van der Waals surface area contributed by atoms with Crippen molar-refractivity contribution in [1.82, 2.24) is 10.3 Å². The summed E-state index contributed by atoms with van der Waals surface area (Å²) in [4.78, 5) is 27.5. The number of aromatic nitrogens is 1. The molecule has 0 bridgehead atoms. The van der Waals surface area contributed by atoms with Crippen molar-refractivity contribution in [2.75, 3.05) is 13.7 Å². The lowest BCUT2D eigenvalue weighted by molar-refractivity contribution is -0.153. The highest BCUT2D eigenvalue weighted by Crippen LogP contribution is 2.22. The standard InChI is InChI=1S/C14H17F3N2O4/c1-8-5-9(23-7-14(15,16)17)10(18-6-8)11(20)19-13(2,3)12(21)22-4/h5-6H,7H2,1-4H3,(H,19,20). The summed E-state index contributed by atoms with van der Waals surface area (Å²) < 4.78 is 46.1. The van der Waals surface area contributed by atoms with Gasteiger partial charge in [-0.25, -0.2) is 9.78 Å². The first kappa shape index (κ1) is 18.7. The SMILES string of the molecule is COC(=O)C(C)(C)NC(=O)c1ncc(C)cc1OCC(F)(F)F. The molecule has 0 saturated heterocycles. The van der Waals surface area contributed by atoms with Crippen molar-refractivity contribution >= 4 is 11.9 Å². The minimum Gasteiger partial charge on any atom is -0.482 e. The van der Waals surface area contributed by atoms with Crippen molar-refractivity contribution in [2.45, 2.75) is 32.5 Å². The van der Waals surface area contributed by atoms with Crippen LogP contribution in [0, 0.1) is 6.92 Å². The van der Waals surface area contributed by atoms with Gasteiger partial charge < -0.3 is 14.8 Å². The Balaban J connectivity index is 3.02. The number of aryl methyl sites for hydroxylation is 1. The summed E-state index contributed by atoms with van der Waals surface area (Å²) in [6.07, 6.45) is -3.25. The molecule has 23 heavy (non-hydrogen) atoms. The topological polar surface area (TPSA) is 77.5 Å². The molecule has 0 atom stereocenters. The van der Waals surface area contributed by atoms with Gasteiger partial charge in [0.05, 0.1) is 7.11 Å². The molecule has 0 unspecified atom stereocenters. The van der Waals surface area contributed by atoms with Crippen LogP contribution in [0.25, 0.3) is 0 Å². The fraction of sp³-hybridized carbons (Fsp3) is 0.500.